The molecule has 1 aromatic carbocycles. The summed E-state index contributed by atoms with van der Waals surface area (Å²) >= 11 is 0. The fourth-order valence-electron chi connectivity index (χ4n) is 2.69. The zero-order valence-electron chi connectivity index (χ0n) is 12.8. The van der Waals surface area contributed by atoms with E-state index in [-0.39, 0.29) is 18.0 Å². The Bertz CT molecular complexity index is 530. The maximum Gasteiger partial charge on any atom is 0.248 e. The zero-order valence-corrected chi connectivity index (χ0v) is 12.8. The Hall–Kier alpha value is -2.08. The normalized spacial score (nSPS) is 21.5. The van der Waals surface area contributed by atoms with Gasteiger partial charge in [0.15, 0.2) is 0 Å². The monoisotopic (exact) mass is 305 g/mol. The van der Waals surface area contributed by atoms with Crippen LogP contribution in [-0.4, -0.2) is 41.9 Å². The number of carbonyl (C=O) groups is 2. The first kappa shape index (κ1) is 16.3. The number of ether oxygens (including phenoxy) is 1. The lowest BCUT2D eigenvalue weighted by Gasteiger charge is -2.36. The first-order valence-corrected chi connectivity index (χ1v) is 7.55. The lowest BCUT2D eigenvalue weighted by Crippen LogP contribution is -2.48. The van der Waals surface area contributed by atoms with E-state index >= 15 is 0 Å². The molecule has 6 heteroatoms. The summed E-state index contributed by atoms with van der Waals surface area (Å²) in [4.78, 5) is 25.0. The summed E-state index contributed by atoms with van der Waals surface area (Å²) in [6.07, 6.45) is 2.03. The predicted octanol–water partition coefficient (Wildman–Crippen LogP) is 0.893. The molecule has 4 N–H and O–H groups in total. The molecule has 0 aromatic heterocycles. The van der Waals surface area contributed by atoms with Crippen LogP contribution in [0.2, 0.25) is 0 Å². The number of hydrogen-bond donors (Lipinski definition) is 2. The fourth-order valence-corrected chi connectivity index (χ4v) is 2.69. The molecular formula is C16H23N3O3. The molecule has 6 nitrogen and oxygen atoms in total. The van der Waals surface area contributed by atoms with Crippen LogP contribution in [0, 0.1) is 0 Å². The number of primary amides is 1. The Labute approximate surface area is 130 Å². The van der Waals surface area contributed by atoms with E-state index in [9.17, 15) is 9.59 Å². The second-order valence-corrected chi connectivity index (χ2v) is 5.71. The van der Waals surface area contributed by atoms with E-state index in [1.165, 1.54) is 0 Å². The number of carbonyl (C=O) groups excluding carboxylic acids is 2. The summed E-state index contributed by atoms with van der Waals surface area (Å²) in [6.45, 7) is 3.05. The lowest BCUT2D eigenvalue weighted by atomic mass is 9.99. The Balaban J connectivity index is 1.78. The Kier molecular flexibility index (Phi) is 5.38. The van der Waals surface area contributed by atoms with Gasteiger partial charge in [-0.25, -0.2) is 0 Å². The van der Waals surface area contributed by atoms with E-state index in [0.29, 0.717) is 30.9 Å². The maximum atomic E-state index is 12.2. The molecule has 0 aliphatic carbocycles. The van der Waals surface area contributed by atoms with Crippen molar-refractivity contribution in [2.75, 3.05) is 13.2 Å². The largest absolute Gasteiger partial charge is 0.493 e. The van der Waals surface area contributed by atoms with E-state index < -0.39 is 5.91 Å². The number of piperidine rings is 1. The van der Waals surface area contributed by atoms with Crippen LogP contribution >= 0.6 is 0 Å². The van der Waals surface area contributed by atoms with Crippen molar-refractivity contribution in [1.82, 2.24) is 4.90 Å². The van der Waals surface area contributed by atoms with Gasteiger partial charge in [0.1, 0.15) is 5.75 Å². The first-order valence-electron chi connectivity index (χ1n) is 7.55. The number of amides is 2. The molecule has 0 saturated carbocycles. The molecule has 0 unspecified atom stereocenters. The van der Waals surface area contributed by atoms with Gasteiger partial charge in [0, 0.05) is 24.2 Å². The van der Waals surface area contributed by atoms with Crippen molar-refractivity contribution in [2.45, 2.75) is 38.3 Å². The van der Waals surface area contributed by atoms with Crippen LogP contribution in [0.15, 0.2) is 24.3 Å². The predicted molar refractivity (Wildman–Crippen MR) is 83.5 cm³/mol. The third kappa shape index (κ3) is 4.21. The van der Waals surface area contributed by atoms with Crippen molar-refractivity contribution in [2.24, 2.45) is 11.5 Å². The van der Waals surface area contributed by atoms with E-state index in [2.05, 4.69) is 0 Å². The van der Waals surface area contributed by atoms with Gasteiger partial charge in [-0.2, -0.15) is 0 Å². The fraction of sp³-hybridized carbons (Fsp3) is 0.500. The molecule has 1 saturated heterocycles. The van der Waals surface area contributed by atoms with Crippen LogP contribution in [0.25, 0.3) is 0 Å². The highest BCUT2D eigenvalue weighted by atomic mass is 16.5. The van der Waals surface area contributed by atoms with Crippen molar-refractivity contribution >= 4 is 11.8 Å². The number of rotatable bonds is 5. The summed E-state index contributed by atoms with van der Waals surface area (Å²) in [5, 5.41) is 0. The van der Waals surface area contributed by atoms with Crippen molar-refractivity contribution < 1.29 is 14.3 Å². The van der Waals surface area contributed by atoms with Gasteiger partial charge >= 0.3 is 0 Å². The summed E-state index contributed by atoms with van der Waals surface area (Å²) in [7, 11) is 0. The third-order valence-electron chi connectivity index (χ3n) is 3.96. The minimum Gasteiger partial charge on any atom is -0.493 e. The molecule has 120 valence electrons. The van der Waals surface area contributed by atoms with Gasteiger partial charge in [0.05, 0.1) is 13.0 Å². The van der Waals surface area contributed by atoms with E-state index in [0.717, 1.165) is 12.8 Å². The molecule has 22 heavy (non-hydrogen) atoms. The van der Waals surface area contributed by atoms with Crippen molar-refractivity contribution in [3.05, 3.63) is 29.8 Å². The van der Waals surface area contributed by atoms with Crippen molar-refractivity contribution in [3.8, 4) is 5.75 Å². The summed E-state index contributed by atoms with van der Waals surface area (Å²) in [5.41, 5.74) is 11.5. The lowest BCUT2D eigenvalue weighted by molar-refractivity contribution is -0.135. The van der Waals surface area contributed by atoms with Gasteiger partial charge in [-0.15, -0.1) is 0 Å². The van der Waals surface area contributed by atoms with Crippen LogP contribution < -0.4 is 16.2 Å². The Morgan fingerprint density at radius 2 is 2.00 bits per heavy atom. The van der Waals surface area contributed by atoms with Gasteiger partial charge < -0.3 is 21.1 Å². The molecule has 1 aromatic rings. The number of nitrogens with two attached hydrogens (primary N) is 2. The molecule has 0 bridgehead atoms. The number of benzene rings is 1. The maximum absolute atomic E-state index is 12.2. The van der Waals surface area contributed by atoms with E-state index in [1.54, 1.807) is 24.3 Å². The van der Waals surface area contributed by atoms with Crippen molar-refractivity contribution in [3.63, 3.8) is 0 Å². The molecule has 2 amide bonds. The zero-order chi connectivity index (χ0) is 16.1. The van der Waals surface area contributed by atoms with Gasteiger partial charge in [0.25, 0.3) is 0 Å². The standard InChI is InChI=1S/C16H23N3O3/c1-11-10-13(17)6-8-19(11)15(20)7-9-22-14-4-2-12(3-5-14)16(18)21/h2-5,11,13H,6-10,17H2,1H3,(H2,18,21)/t11-,13+/m1/s1. The molecule has 2 rings (SSSR count). The Morgan fingerprint density at radius 1 is 1.32 bits per heavy atom. The van der Waals surface area contributed by atoms with Crippen LogP contribution in [-0.2, 0) is 4.79 Å². The van der Waals surface area contributed by atoms with Crippen LogP contribution in [0.3, 0.4) is 0 Å². The molecular weight excluding hydrogens is 282 g/mol. The second kappa shape index (κ2) is 7.26. The second-order valence-electron chi connectivity index (χ2n) is 5.71. The van der Waals surface area contributed by atoms with Gasteiger partial charge in [-0.3, -0.25) is 9.59 Å². The third-order valence-corrected chi connectivity index (χ3v) is 3.96. The average molecular weight is 305 g/mol. The molecule has 2 atom stereocenters. The highest BCUT2D eigenvalue weighted by Gasteiger charge is 2.26. The van der Waals surface area contributed by atoms with Crippen LogP contribution in [0.1, 0.15) is 36.5 Å². The number of hydrogen-bond acceptors (Lipinski definition) is 4. The van der Waals surface area contributed by atoms with Gasteiger partial charge in [-0.05, 0) is 44.0 Å². The van der Waals surface area contributed by atoms with Crippen LogP contribution in [0.5, 0.6) is 5.75 Å². The van der Waals surface area contributed by atoms with Gasteiger partial charge in [-0.1, -0.05) is 0 Å². The SMILES string of the molecule is C[C@@H]1C[C@@H](N)CCN1C(=O)CCOc1ccc(C(N)=O)cc1. The number of nitrogens with zero attached hydrogens (tertiary/aromatic N) is 1. The molecule has 1 fully saturated rings. The highest BCUT2D eigenvalue weighted by Crippen LogP contribution is 2.17. The molecule has 1 aliphatic rings. The first-order chi connectivity index (χ1) is 10.5. The highest BCUT2D eigenvalue weighted by molar-refractivity contribution is 5.92. The Morgan fingerprint density at radius 3 is 2.59 bits per heavy atom. The molecule has 1 aliphatic heterocycles. The molecule has 0 radical (unpaired) electrons. The minimum atomic E-state index is -0.473. The topological polar surface area (TPSA) is 98.7 Å². The smallest absolute Gasteiger partial charge is 0.248 e. The average Bonchev–Trinajstić information content (AvgIpc) is 2.47. The quantitative estimate of drug-likeness (QED) is 0.844. The van der Waals surface area contributed by atoms with Crippen LogP contribution in [0.4, 0.5) is 0 Å². The number of likely N-dealkylation sites (tertiary alicyclic amines) is 1. The summed E-state index contributed by atoms with van der Waals surface area (Å²) in [5.74, 6) is 0.235. The summed E-state index contributed by atoms with van der Waals surface area (Å²) in [6, 6.07) is 6.94. The van der Waals surface area contributed by atoms with E-state index in [4.69, 9.17) is 16.2 Å². The van der Waals surface area contributed by atoms with Gasteiger partial charge in [0.2, 0.25) is 11.8 Å². The molecule has 1 heterocycles. The summed E-state index contributed by atoms with van der Waals surface area (Å²) < 4.78 is 5.53. The van der Waals surface area contributed by atoms with Crippen molar-refractivity contribution in [1.29, 1.82) is 0 Å². The molecule has 0 spiro atoms. The van der Waals surface area contributed by atoms with E-state index in [1.807, 2.05) is 11.8 Å². The minimum absolute atomic E-state index is 0.0909.